The van der Waals surface area contributed by atoms with Crippen molar-refractivity contribution in [1.29, 1.82) is 0 Å². The summed E-state index contributed by atoms with van der Waals surface area (Å²) < 4.78 is 46.0. The molecule has 9 heteroatoms. The third kappa shape index (κ3) is 5.13. The second-order valence-corrected chi connectivity index (χ2v) is 14.3. The van der Waals surface area contributed by atoms with Gasteiger partial charge in [0.15, 0.2) is 0 Å². The Morgan fingerprint density at radius 2 is 1.66 bits per heavy atom. The number of hydrogen-bond acceptors (Lipinski definition) is 3. The summed E-state index contributed by atoms with van der Waals surface area (Å²) in [6.45, 7) is 7.47. The Bertz CT molecular complexity index is 1520. The highest BCUT2D eigenvalue weighted by Gasteiger charge is 2.32. The Labute approximate surface area is 222 Å². The van der Waals surface area contributed by atoms with Crippen LogP contribution in [0.25, 0.3) is 10.9 Å². The van der Waals surface area contributed by atoms with Crippen molar-refractivity contribution in [1.82, 2.24) is 8.69 Å². The van der Waals surface area contributed by atoms with Gasteiger partial charge in [-0.15, -0.1) is 0 Å². The third-order valence-electron chi connectivity index (χ3n) is 5.61. The zero-order valence-corrected chi connectivity index (χ0v) is 23.7. The minimum absolute atomic E-state index is 0.160. The molecule has 0 fully saturated rings. The number of halogens is 2. The minimum atomic E-state index is -4.02. The molecule has 5 nitrogen and oxygen atoms in total. The number of aromatic nitrogens is 1. The number of rotatable bonds is 6. The fourth-order valence-electron chi connectivity index (χ4n) is 3.76. The van der Waals surface area contributed by atoms with E-state index in [-0.39, 0.29) is 4.90 Å². The molecule has 2 atom stereocenters. The van der Waals surface area contributed by atoms with Gasteiger partial charge in [0.05, 0.1) is 37.9 Å². The van der Waals surface area contributed by atoms with Gasteiger partial charge in [-0.05, 0) is 79.5 Å². The van der Waals surface area contributed by atoms with E-state index in [4.69, 9.17) is 11.6 Å². The van der Waals surface area contributed by atoms with E-state index in [9.17, 15) is 12.6 Å². The van der Waals surface area contributed by atoms with Crippen molar-refractivity contribution >= 4 is 59.4 Å². The first-order valence-electron chi connectivity index (χ1n) is 11.0. The number of hydrogen-bond donors (Lipinski definition) is 1. The predicted molar refractivity (Wildman–Crippen MR) is 148 cm³/mol. The lowest BCUT2D eigenvalue weighted by Crippen LogP contribution is -2.37. The minimum Gasteiger partial charge on any atom is -0.242 e. The van der Waals surface area contributed by atoms with Crippen molar-refractivity contribution in [3.05, 3.63) is 99.1 Å². The van der Waals surface area contributed by atoms with Crippen molar-refractivity contribution in [2.24, 2.45) is 0 Å². The molecule has 1 N–H and O–H groups in total. The zero-order chi connectivity index (χ0) is 25.5. The van der Waals surface area contributed by atoms with E-state index in [1.54, 1.807) is 42.5 Å². The normalized spacial score (nSPS) is 14.2. The number of nitrogens with one attached hydrogen (secondary N) is 1. The summed E-state index contributed by atoms with van der Waals surface area (Å²) in [7, 11) is -5.54. The van der Waals surface area contributed by atoms with E-state index in [1.807, 2.05) is 58.0 Å². The van der Waals surface area contributed by atoms with Crippen molar-refractivity contribution in [3.8, 4) is 0 Å². The van der Waals surface area contributed by atoms with Crippen molar-refractivity contribution < 1.29 is 12.6 Å². The molecule has 0 unspecified atom stereocenters. The first-order chi connectivity index (χ1) is 16.4. The fourth-order valence-corrected chi connectivity index (χ4v) is 7.07. The Hall–Kier alpha value is -1.97. The SMILES string of the molecule is Cc1ccc(S(=O)(=O)n2c([C@H](N[S@@](=O)C(C)(C)C)c3ccccc3Cl)cc3cccc(Br)c32)cc1. The molecule has 0 bridgehead atoms. The quantitative estimate of drug-likeness (QED) is 0.269. The smallest absolute Gasteiger partial charge is 0.242 e. The second kappa shape index (κ2) is 9.82. The maximum Gasteiger partial charge on any atom is 0.268 e. The second-order valence-electron chi connectivity index (χ2n) is 9.28. The molecule has 4 aromatic rings. The van der Waals surface area contributed by atoms with Crippen molar-refractivity contribution in [2.45, 2.75) is 43.4 Å². The van der Waals surface area contributed by atoms with Gasteiger partial charge >= 0.3 is 0 Å². The lowest BCUT2D eigenvalue weighted by atomic mass is 10.0. The van der Waals surface area contributed by atoms with Gasteiger partial charge in [0, 0.05) is 14.9 Å². The molecule has 0 saturated carbocycles. The molecule has 0 aliphatic heterocycles. The fraction of sp³-hybridized carbons (Fsp3) is 0.231. The van der Waals surface area contributed by atoms with Gasteiger partial charge in [0.2, 0.25) is 0 Å². The highest BCUT2D eigenvalue weighted by atomic mass is 79.9. The van der Waals surface area contributed by atoms with Crippen LogP contribution in [-0.4, -0.2) is 21.3 Å². The van der Waals surface area contributed by atoms with Crippen LogP contribution in [0.15, 0.2) is 82.2 Å². The highest BCUT2D eigenvalue weighted by molar-refractivity contribution is 9.10. The third-order valence-corrected chi connectivity index (χ3v) is 9.90. The maximum absolute atomic E-state index is 14.1. The van der Waals surface area contributed by atoms with E-state index in [0.29, 0.717) is 26.3 Å². The van der Waals surface area contributed by atoms with Gasteiger partial charge in [-0.1, -0.05) is 59.6 Å². The van der Waals surface area contributed by atoms with E-state index >= 15 is 0 Å². The molecule has 0 aliphatic carbocycles. The molecule has 0 aliphatic rings. The van der Waals surface area contributed by atoms with E-state index < -0.39 is 31.8 Å². The number of benzene rings is 3. The molecule has 1 aromatic heterocycles. The van der Waals surface area contributed by atoms with Crippen LogP contribution in [0.5, 0.6) is 0 Å². The van der Waals surface area contributed by atoms with Crippen molar-refractivity contribution in [2.75, 3.05) is 0 Å². The Kier molecular flexibility index (Phi) is 7.33. The molecule has 1 heterocycles. The van der Waals surface area contributed by atoms with Gasteiger partial charge in [-0.2, -0.15) is 0 Å². The van der Waals surface area contributed by atoms with Crippen LogP contribution >= 0.6 is 27.5 Å². The standard InChI is InChI=1S/C26H26BrClN2O3S2/c1-17-12-14-19(15-13-17)35(32,33)30-23(16-18-8-7-10-21(27)25(18)30)24(29-34(31)26(2,3)4)20-9-5-6-11-22(20)28/h5-16,24,29H,1-4H3/t24-,34+/m1/s1. The molecule has 35 heavy (non-hydrogen) atoms. The summed E-state index contributed by atoms with van der Waals surface area (Å²) in [5.41, 5.74) is 2.51. The summed E-state index contributed by atoms with van der Waals surface area (Å²) in [4.78, 5) is 0.160. The molecule has 0 saturated heterocycles. The first-order valence-corrected chi connectivity index (χ1v) is 14.7. The molecule has 3 aromatic carbocycles. The van der Waals surface area contributed by atoms with E-state index in [1.165, 1.54) is 3.97 Å². The molecule has 0 radical (unpaired) electrons. The first kappa shape index (κ1) is 26.1. The van der Waals surface area contributed by atoms with Crippen LogP contribution in [0.3, 0.4) is 0 Å². The molecule has 0 amide bonds. The summed E-state index contributed by atoms with van der Waals surface area (Å²) in [6.07, 6.45) is 0. The maximum atomic E-state index is 14.1. The number of fused-ring (bicyclic) bond motifs is 1. The van der Waals surface area contributed by atoms with Gasteiger partial charge < -0.3 is 0 Å². The average Bonchev–Trinajstić information content (AvgIpc) is 3.19. The van der Waals surface area contributed by atoms with Crippen LogP contribution in [0.2, 0.25) is 5.02 Å². The van der Waals surface area contributed by atoms with Gasteiger partial charge in [-0.25, -0.2) is 21.3 Å². The summed E-state index contributed by atoms with van der Waals surface area (Å²) >= 11 is 10.1. The largest absolute Gasteiger partial charge is 0.268 e. The molecular formula is C26H26BrClN2O3S2. The number of para-hydroxylation sites is 1. The highest BCUT2D eigenvalue weighted by Crippen LogP contribution is 2.38. The molecular weight excluding hydrogens is 568 g/mol. The predicted octanol–water partition coefficient (Wildman–Crippen LogP) is 6.74. The monoisotopic (exact) mass is 592 g/mol. The van der Waals surface area contributed by atoms with Crippen LogP contribution in [0, 0.1) is 6.92 Å². The number of nitrogens with zero attached hydrogens (tertiary/aromatic N) is 1. The van der Waals surface area contributed by atoms with E-state index in [0.717, 1.165) is 10.9 Å². The van der Waals surface area contributed by atoms with Crippen LogP contribution in [0.4, 0.5) is 0 Å². The van der Waals surface area contributed by atoms with Crippen LogP contribution < -0.4 is 4.72 Å². The molecule has 4 rings (SSSR count). The van der Waals surface area contributed by atoms with Crippen LogP contribution in [0.1, 0.15) is 43.6 Å². The molecule has 0 spiro atoms. The Morgan fingerprint density at radius 3 is 2.29 bits per heavy atom. The van der Waals surface area contributed by atoms with Gasteiger partial charge in [-0.3, -0.25) is 0 Å². The van der Waals surface area contributed by atoms with Crippen LogP contribution in [-0.2, 0) is 21.0 Å². The summed E-state index contributed by atoms with van der Waals surface area (Å²) in [5.74, 6) is 0. The average molecular weight is 594 g/mol. The lowest BCUT2D eigenvalue weighted by Gasteiger charge is -2.26. The zero-order valence-electron chi connectivity index (χ0n) is 19.7. The van der Waals surface area contributed by atoms with Crippen molar-refractivity contribution in [3.63, 3.8) is 0 Å². The Morgan fingerprint density at radius 1 is 1.00 bits per heavy atom. The Balaban J connectivity index is 2.06. The molecule has 184 valence electrons. The summed E-state index contributed by atoms with van der Waals surface area (Å²) in [6, 6.07) is 20.5. The van der Waals surface area contributed by atoms with E-state index in [2.05, 4.69) is 20.7 Å². The lowest BCUT2D eigenvalue weighted by molar-refractivity contribution is 0.581. The van der Waals surface area contributed by atoms with Gasteiger partial charge in [0.25, 0.3) is 10.0 Å². The van der Waals surface area contributed by atoms with Gasteiger partial charge in [0.1, 0.15) is 0 Å². The number of aryl methyl sites for hydroxylation is 1. The topological polar surface area (TPSA) is 68.2 Å². The summed E-state index contributed by atoms with van der Waals surface area (Å²) in [5, 5.41) is 1.17.